The summed E-state index contributed by atoms with van der Waals surface area (Å²) in [5.74, 6) is -1.75. The number of methoxy groups -OCH3 is 1. The van der Waals surface area contributed by atoms with E-state index in [1.54, 1.807) is 24.3 Å². The monoisotopic (exact) mass is 363 g/mol. The second-order valence-corrected chi connectivity index (χ2v) is 6.57. The first-order valence-corrected chi connectivity index (χ1v) is 8.58. The molecule has 1 heterocycles. The van der Waals surface area contributed by atoms with Crippen LogP contribution in [0.2, 0.25) is 0 Å². The zero-order valence-electron chi connectivity index (χ0n) is 13.4. The van der Waals surface area contributed by atoms with E-state index < -0.39 is 17.6 Å². The Balaban J connectivity index is 1.86. The topological polar surface area (TPSA) is 46.6 Å². The van der Waals surface area contributed by atoms with Crippen molar-refractivity contribution in [2.24, 2.45) is 0 Å². The molecule has 0 radical (unpaired) electrons. The smallest absolute Gasteiger partial charge is 0.337 e. The molecule has 130 valence electrons. The Morgan fingerprint density at radius 3 is 2.44 bits per heavy atom. The number of carbonyl (C=O) groups is 2. The van der Waals surface area contributed by atoms with Crippen molar-refractivity contribution in [2.45, 2.75) is 11.9 Å². The summed E-state index contributed by atoms with van der Waals surface area (Å²) in [5.41, 5.74) is 1.04. The SMILES string of the molecule is COC(=O)c1ccc(C2SCC(=O)N2Cc2c(F)cccc2F)cc1. The molecule has 0 bridgehead atoms. The van der Waals surface area contributed by atoms with Crippen LogP contribution >= 0.6 is 11.8 Å². The van der Waals surface area contributed by atoms with Crippen LogP contribution in [0.15, 0.2) is 42.5 Å². The average molecular weight is 363 g/mol. The molecule has 0 spiro atoms. The van der Waals surface area contributed by atoms with E-state index in [-0.39, 0.29) is 29.1 Å². The summed E-state index contributed by atoms with van der Waals surface area (Å²) < 4.78 is 32.5. The van der Waals surface area contributed by atoms with Gasteiger partial charge in [0.05, 0.1) is 25.0 Å². The third kappa shape index (κ3) is 3.51. The lowest BCUT2D eigenvalue weighted by Gasteiger charge is -2.24. The summed E-state index contributed by atoms with van der Waals surface area (Å²) in [6.45, 7) is -0.145. The van der Waals surface area contributed by atoms with Gasteiger partial charge in [-0.15, -0.1) is 11.8 Å². The Kier molecular flexibility index (Phi) is 5.03. The molecular formula is C18H15F2NO3S. The van der Waals surface area contributed by atoms with Crippen LogP contribution in [-0.4, -0.2) is 29.6 Å². The van der Waals surface area contributed by atoms with E-state index in [1.165, 1.54) is 42.0 Å². The lowest BCUT2D eigenvalue weighted by atomic mass is 10.1. The highest BCUT2D eigenvalue weighted by Gasteiger charge is 2.34. The fraction of sp³-hybridized carbons (Fsp3) is 0.222. The largest absolute Gasteiger partial charge is 0.465 e. The van der Waals surface area contributed by atoms with Gasteiger partial charge < -0.3 is 9.64 Å². The van der Waals surface area contributed by atoms with E-state index in [0.717, 1.165) is 5.56 Å². The molecule has 4 nitrogen and oxygen atoms in total. The summed E-state index contributed by atoms with van der Waals surface area (Å²) >= 11 is 1.38. The van der Waals surface area contributed by atoms with Crippen LogP contribution in [0.5, 0.6) is 0 Å². The van der Waals surface area contributed by atoms with E-state index in [4.69, 9.17) is 0 Å². The van der Waals surface area contributed by atoms with Crippen LogP contribution in [0.25, 0.3) is 0 Å². The first-order chi connectivity index (χ1) is 12.0. The number of thioether (sulfide) groups is 1. The fourth-order valence-corrected chi connectivity index (χ4v) is 3.84. The van der Waals surface area contributed by atoms with Crippen molar-refractivity contribution in [3.05, 3.63) is 70.8 Å². The number of esters is 1. The molecule has 1 aliphatic heterocycles. The maximum absolute atomic E-state index is 13.9. The Bertz CT molecular complexity index is 790. The molecule has 2 aromatic carbocycles. The lowest BCUT2D eigenvalue weighted by molar-refractivity contribution is -0.128. The molecular weight excluding hydrogens is 348 g/mol. The summed E-state index contributed by atoms with van der Waals surface area (Å²) in [5, 5.41) is -0.363. The molecule has 0 aliphatic carbocycles. The van der Waals surface area contributed by atoms with Crippen LogP contribution in [0.3, 0.4) is 0 Å². The van der Waals surface area contributed by atoms with Gasteiger partial charge in [0, 0.05) is 5.56 Å². The van der Waals surface area contributed by atoms with E-state index >= 15 is 0 Å². The Morgan fingerprint density at radius 1 is 1.20 bits per heavy atom. The second kappa shape index (κ2) is 7.23. The van der Waals surface area contributed by atoms with Crippen LogP contribution in [0, 0.1) is 11.6 Å². The highest BCUT2D eigenvalue weighted by Crippen LogP contribution is 2.40. The molecule has 0 aromatic heterocycles. The van der Waals surface area contributed by atoms with Gasteiger partial charge in [0.2, 0.25) is 5.91 Å². The molecule has 1 fully saturated rings. The predicted octanol–water partition coefficient (Wildman–Crippen LogP) is 3.53. The van der Waals surface area contributed by atoms with Gasteiger partial charge in [-0.3, -0.25) is 4.79 Å². The average Bonchev–Trinajstić information content (AvgIpc) is 2.98. The van der Waals surface area contributed by atoms with Crippen molar-refractivity contribution in [3.8, 4) is 0 Å². The summed E-state index contributed by atoms with van der Waals surface area (Å²) in [6.07, 6.45) is 0. The van der Waals surface area contributed by atoms with E-state index in [1.807, 2.05) is 0 Å². The minimum Gasteiger partial charge on any atom is -0.465 e. The Labute approximate surface area is 147 Å². The first kappa shape index (κ1) is 17.4. The number of hydrogen-bond donors (Lipinski definition) is 0. The van der Waals surface area contributed by atoms with Crippen molar-refractivity contribution in [1.29, 1.82) is 0 Å². The van der Waals surface area contributed by atoms with E-state index in [0.29, 0.717) is 5.56 Å². The Hall–Kier alpha value is -2.41. The number of ether oxygens (including phenoxy) is 1. The van der Waals surface area contributed by atoms with Gasteiger partial charge >= 0.3 is 5.97 Å². The minimum absolute atomic E-state index is 0.130. The van der Waals surface area contributed by atoms with Crippen molar-refractivity contribution in [1.82, 2.24) is 4.90 Å². The van der Waals surface area contributed by atoms with Crippen LogP contribution in [-0.2, 0) is 16.1 Å². The molecule has 7 heteroatoms. The van der Waals surface area contributed by atoms with Gasteiger partial charge in [0.25, 0.3) is 0 Å². The number of halogens is 2. The van der Waals surface area contributed by atoms with Crippen molar-refractivity contribution < 1.29 is 23.1 Å². The van der Waals surface area contributed by atoms with Gasteiger partial charge in [-0.2, -0.15) is 0 Å². The highest BCUT2D eigenvalue weighted by atomic mass is 32.2. The standard InChI is InChI=1S/C18H15F2NO3S/c1-24-18(23)12-7-5-11(6-8-12)17-21(16(22)10-25-17)9-13-14(19)3-2-4-15(13)20/h2-8,17H,9-10H2,1H3. The molecule has 0 saturated carbocycles. The third-order valence-electron chi connectivity index (χ3n) is 3.98. The number of nitrogens with zero attached hydrogens (tertiary/aromatic N) is 1. The van der Waals surface area contributed by atoms with Gasteiger partial charge in [0.1, 0.15) is 17.0 Å². The number of carbonyl (C=O) groups excluding carboxylic acids is 2. The molecule has 3 rings (SSSR count). The molecule has 0 N–H and O–H groups in total. The Morgan fingerprint density at radius 2 is 1.84 bits per heavy atom. The summed E-state index contributed by atoms with van der Waals surface area (Å²) in [4.78, 5) is 25.1. The van der Waals surface area contributed by atoms with Crippen molar-refractivity contribution in [3.63, 3.8) is 0 Å². The zero-order chi connectivity index (χ0) is 18.0. The molecule has 2 aromatic rings. The summed E-state index contributed by atoms with van der Waals surface area (Å²) in [6, 6.07) is 10.3. The van der Waals surface area contributed by atoms with Crippen LogP contribution in [0.1, 0.15) is 26.9 Å². The minimum atomic E-state index is -0.676. The zero-order valence-corrected chi connectivity index (χ0v) is 14.2. The highest BCUT2D eigenvalue weighted by molar-refractivity contribution is 8.00. The number of amides is 1. The second-order valence-electron chi connectivity index (χ2n) is 5.50. The van der Waals surface area contributed by atoms with Crippen LogP contribution in [0.4, 0.5) is 8.78 Å². The van der Waals surface area contributed by atoms with Gasteiger partial charge in [-0.05, 0) is 29.8 Å². The maximum Gasteiger partial charge on any atom is 0.337 e. The van der Waals surface area contributed by atoms with E-state index in [9.17, 15) is 18.4 Å². The summed E-state index contributed by atoms with van der Waals surface area (Å²) in [7, 11) is 1.30. The number of rotatable bonds is 4. The van der Waals surface area contributed by atoms with Crippen molar-refractivity contribution in [2.75, 3.05) is 12.9 Å². The predicted molar refractivity (Wildman–Crippen MR) is 89.9 cm³/mol. The molecule has 1 aliphatic rings. The van der Waals surface area contributed by atoms with Gasteiger partial charge in [-0.25, -0.2) is 13.6 Å². The molecule has 1 atom stereocenters. The van der Waals surface area contributed by atoms with Crippen molar-refractivity contribution >= 4 is 23.6 Å². The maximum atomic E-state index is 13.9. The fourth-order valence-electron chi connectivity index (χ4n) is 2.66. The molecule has 1 amide bonds. The molecule has 25 heavy (non-hydrogen) atoms. The van der Waals surface area contributed by atoms with Gasteiger partial charge in [-0.1, -0.05) is 18.2 Å². The van der Waals surface area contributed by atoms with Crippen LogP contribution < -0.4 is 0 Å². The quantitative estimate of drug-likeness (QED) is 0.780. The number of hydrogen-bond acceptors (Lipinski definition) is 4. The lowest BCUT2D eigenvalue weighted by Crippen LogP contribution is -2.28. The van der Waals surface area contributed by atoms with Gasteiger partial charge in [0.15, 0.2) is 0 Å². The molecule has 1 saturated heterocycles. The first-order valence-electron chi connectivity index (χ1n) is 7.53. The normalized spacial score (nSPS) is 17.0. The molecule has 1 unspecified atom stereocenters. The van der Waals surface area contributed by atoms with E-state index in [2.05, 4.69) is 4.74 Å². The number of benzene rings is 2. The third-order valence-corrected chi connectivity index (χ3v) is 5.23.